The van der Waals surface area contributed by atoms with Crippen molar-refractivity contribution in [1.29, 1.82) is 0 Å². The average Bonchev–Trinajstić information content (AvgIpc) is 3.26. The zero-order valence-electron chi connectivity index (χ0n) is 18.3. The normalized spacial score (nSPS) is 18.9. The monoisotopic (exact) mass is 472 g/mol. The van der Waals surface area contributed by atoms with E-state index in [0.29, 0.717) is 13.0 Å². The van der Waals surface area contributed by atoms with E-state index in [4.69, 9.17) is 11.5 Å². The van der Waals surface area contributed by atoms with E-state index < -0.39 is 65.8 Å². The molecule has 0 spiro atoms. The van der Waals surface area contributed by atoms with Gasteiger partial charge in [-0.05, 0) is 39.2 Å². The number of aliphatic hydroxyl groups is 1. The van der Waals surface area contributed by atoms with Crippen LogP contribution in [0, 0.1) is 0 Å². The molecule has 5 unspecified atom stereocenters. The van der Waals surface area contributed by atoms with E-state index in [1.807, 2.05) is 0 Å². The van der Waals surface area contributed by atoms with Crippen molar-refractivity contribution < 1.29 is 39.0 Å². The number of amides is 5. The maximum atomic E-state index is 12.8. The molecule has 33 heavy (non-hydrogen) atoms. The number of aliphatic carboxylic acids is 1. The van der Waals surface area contributed by atoms with Crippen LogP contribution in [-0.2, 0) is 28.8 Å². The molecule has 1 fully saturated rings. The first-order valence-corrected chi connectivity index (χ1v) is 10.5. The molecule has 14 nitrogen and oxygen atoms in total. The molecule has 1 saturated heterocycles. The Morgan fingerprint density at radius 3 is 1.97 bits per heavy atom. The number of rotatable bonds is 14. The van der Waals surface area contributed by atoms with Gasteiger partial charge in [0.15, 0.2) is 0 Å². The fourth-order valence-corrected chi connectivity index (χ4v) is 3.20. The summed E-state index contributed by atoms with van der Waals surface area (Å²) in [5.41, 5.74) is 10.1. The number of hydrogen-bond donors (Lipinski definition) is 8. The fraction of sp³-hybridized carbons (Fsp3) is 0.684. The molecule has 1 rings (SSSR count). The maximum Gasteiger partial charge on any atom is 0.326 e. The van der Waals surface area contributed by atoms with Crippen molar-refractivity contribution in [3.8, 4) is 0 Å². The van der Waals surface area contributed by atoms with Crippen LogP contribution in [0.15, 0.2) is 0 Å². The minimum atomic E-state index is -1.58. The Labute approximate surface area is 190 Å². The molecule has 0 radical (unpaired) electrons. The standard InChI is InChI=1S/C19H32N6O8/c1-9(26)15(18(31)24-12(19(32)33)5-7-14(21)28)25-17(30)11(4-6-13(20)27)23-16(29)10-3-2-8-22-10/h9-12,15,22,26H,2-8H2,1H3,(H2,20,27)(H2,21,28)(H,23,29)(H,24,31)(H,25,30)(H,32,33). The largest absolute Gasteiger partial charge is 0.480 e. The predicted octanol–water partition coefficient (Wildman–Crippen LogP) is -3.81. The maximum absolute atomic E-state index is 12.8. The summed E-state index contributed by atoms with van der Waals surface area (Å²) in [6, 6.07) is -4.80. The lowest BCUT2D eigenvalue weighted by Crippen LogP contribution is -2.59. The van der Waals surface area contributed by atoms with Crippen LogP contribution in [0.25, 0.3) is 0 Å². The van der Waals surface area contributed by atoms with Gasteiger partial charge in [-0.15, -0.1) is 0 Å². The van der Waals surface area contributed by atoms with Crippen LogP contribution in [-0.4, -0.2) is 82.5 Å². The van der Waals surface area contributed by atoms with Gasteiger partial charge in [0.1, 0.15) is 18.1 Å². The molecule has 1 aliphatic rings. The van der Waals surface area contributed by atoms with Crippen LogP contribution in [0.1, 0.15) is 45.4 Å². The smallest absolute Gasteiger partial charge is 0.326 e. The van der Waals surface area contributed by atoms with Crippen molar-refractivity contribution in [2.45, 2.75) is 75.7 Å². The van der Waals surface area contributed by atoms with Crippen LogP contribution < -0.4 is 32.7 Å². The lowest BCUT2D eigenvalue weighted by Gasteiger charge is -2.26. The highest BCUT2D eigenvalue weighted by Crippen LogP contribution is 2.08. The summed E-state index contributed by atoms with van der Waals surface area (Å²) in [4.78, 5) is 71.2. The quantitative estimate of drug-likeness (QED) is 0.123. The Kier molecular flexibility index (Phi) is 11.2. The molecule has 1 aliphatic heterocycles. The highest BCUT2D eigenvalue weighted by molar-refractivity contribution is 5.94. The Balaban J connectivity index is 2.89. The number of hydrogen-bond acceptors (Lipinski definition) is 8. The second kappa shape index (κ2) is 13.3. The molecule has 10 N–H and O–H groups in total. The van der Waals surface area contributed by atoms with Gasteiger partial charge in [-0.2, -0.15) is 0 Å². The summed E-state index contributed by atoms with van der Waals surface area (Å²) in [6.45, 7) is 1.84. The van der Waals surface area contributed by atoms with Crippen LogP contribution in [0.4, 0.5) is 0 Å². The van der Waals surface area contributed by atoms with Crippen molar-refractivity contribution in [2.75, 3.05) is 6.54 Å². The van der Waals surface area contributed by atoms with E-state index in [-0.39, 0.29) is 25.7 Å². The lowest BCUT2D eigenvalue weighted by atomic mass is 10.1. The minimum absolute atomic E-state index is 0.149. The first-order valence-electron chi connectivity index (χ1n) is 10.5. The Morgan fingerprint density at radius 2 is 1.52 bits per heavy atom. The molecular weight excluding hydrogens is 440 g/mol. The van der Waals surface area contributed by atoms with E-state index in [0.717, 1.165) is 6.42 Å². The first kappa shape index (κ1) is 27.8. The van der Waals surface area contributed by atoms with Gasteiger partial charge in [-0.25, -0.2) is 4.79 Å². The molecule has 14 heteroatoms. The Bertz CT molecular complexity index is 753. The lowest BCUT2D eigenvalue weighted by molar-refractivity contribution is -0.143. The number of carboxylic acids is 1. The van der Waals surface area contributed by atoms with Crippen LogP contribution in [0.5, 0.6) is 0 Å². The summed E-state index contributed by atoms with van der Waals surface area (Å²) >= 11 is 0. The summed E-state index contributed by atoms with van der Waals surface area (Å²) in [5.74, 6) is -5.26. The number of nitrogens with one attached hydrogen (secondary N) is 4. The van der Waals surface area contributed by atoms with Crippen molar-refractivity contribution in [1.82, 2.24) is 21.3 Å². The Hall–Kier alpha value is -3.26. The molecule has 5 atom stereocenters. The number of carbonyl (C=O) groups is 6. The molecule has 0 saturated carbocycles. The van der Waals surface area contributed by atoms with Gasteiger partial charge < -0.3 is 42.9 Å². The molecule has 0 aromatic rings. The molecule has 0 bridgehead atoms. The van der Waals surface area contributed by atoms with Crippen LogP contribution >= 0.6 is 0 Å². The molecule has 0 aliphatic carbocycles. The summed E-state index contributed by atoms with van der Waals surface area (Å²) in [7, 11) is 0. The van der Waals surface area contributed by atoms with Gasteiger partial charge in [-0.1, -0.05) is 0 Å². The average molecular weight is 472 g/mol. The molecular formula is C19H32N6O8. The van der Waals surface area contributed by atoms with Crippen molar-refractivity contribution in [3.05, 3.63) is 0 Å². The van der Waals surface area contributed by atoms with E-state index in [9.17, 15) is 39.0 Å². The highest BCUT2D eigenvalue weighted by Gasteiger charge is 2.33. The molecule has 186 valence electrons. The van der Waals surface area contributed by atoms with E-state index in [2.05, 4.69) is 21.3 Å². The van der Waals surface area contributed by atoms with Crippen molar-refractivity contribution in [3.63, 3.8) is 0 Å². The SMILES string of the molecule is CC(O)C(NC(=O)C(CCC(N)=O)NC(=O)C1CCCN1)C(=O)NC(CCC(N)=O)C(=O)O. The third-order valence-electron chi connectivity index (χ3n) is 5.05. The second-order valence-corrected chi connectivity index (χ2v) is 7.85. The number of nitrogens with two attached hydrogens (primary N) is 2. The zero-order valence-corrected chi connectivity index (χ0v) is 18.3. The molecule has 0 aromatic heterocycles. The number of carboxylic acid groups (broad SMARTS) is 1. The number of aliphatic hydroxyl groups excluding tert-OH is 1. The van der Waals surface area contributed by atoms with Gasteiger partial charge in [0.25, 0.3) is 0 Å². The zero-order chi connectivity index (χ0) is 25.1. The van der Waals surface area contributed by atoms with E-state index in [1.165, 1.54) is 6.92 Å². The first-order chi connectivity index (χ1) is 15.4. The molecule has 0 aromatic carbocycles. The van der Waals surface area contributed by atoms with Crippen LogP contribution in [0.3, 0.4) is 0 Å². The van der Waals surface area contributed by atoms with Crippen molar-refractivity contribution >= 4 is 35.5 Å². The van der Waals surface area contributed by atoms with Crippen LogP contribution in [0.2, 0.25) is 0 Å². The summed E-state index contributed by atoms with van der Waals surface area (Å²) in [5, 5.41) is 29.1. The highest BCUT2D eigenvalue weighted by atomic mass is 16.4. The third kappa shape index (κ3) is 9.82. The Morgan fingerprint density at radius 1 is 0.939 bits per heavy atom. The summed E-state index contributed by atoms with van der Waals surface area (Å²) < 4.78 is 0. The summed E-state index contributed by atoms with van der Waals surface area (Å²) in [6.07, 6.45) is -1.07. The number of carbonyl (C=O) groups excluding carboxylic acids is 5. The van der Waals surface area contributed by atoms with Gasteiger partial charge in [0.2, 0.25) is 29.5 Å². The third-order valence-corrected chi connectivity index (χ3v) is 5.05. The minimum Gasteiger partial charge on any atom is -0.480 e. The van der Waals surface area contributed by atoms with E-state index in [1.54, 1.807) is 0 Å². The number of primary amides is 2. The van der Waals surface area contributed by atoms with Gasteiger partial charge >= 0.3 is 5.97 Å². The predicted molar refractivity (Wildman–Crippen MR) is 113 cm³/mol. The van der Waals surface area contributed by atoms with Crippen molar-refractivity contribution in [2.24, 2.45) is 11.5 Å². The molecule has 1 heterocycles. The fourth-order valence-electron chi connectivity index (χ4n) is 3.20. The van der Waals surface area contributed by atoms with Gasteiger partial charge in [-0.3, -0.25) is 24.0 Å². The van der Waals surface area contributed by atoms with E-state index >= 15 is 0 Å². The van der Waals surface area contributed by atoms with Gasteiger partial charge in [0.05, 0.1) is 12.1 Å². The van der Waals surface area contributed by atoms with Gasteiger partial charge in [0, 0.05) is 12.8 Å². The molecule has 5 amide bonds. The second-order valence-electron chi connectivity index (χ2n) is 7.85. The topological polar surface area (TPSA) is 243 Å².